The highest BCUT2D eigenvalue weighted by Gasteiger charge is 2.10. The Morgan fingerprint density at radius 2 is 1.91 bits per heavy atom. The fourth-order valence-electron chi connectivity index (χ4n) is 2.81. The zero-order valence-electron chi connectivity index (χ0n) is 11.8. The molecule has 0 aliphatic heterocycles. The number of rotatable bonds is 1. The predicted octanol–water partition coefficient (Wildman–Crippen LogP) is 3.02. The van der Waals surface area contributed by atoms with Crippen LogP contribution in [0.3, 0.4) is 0 Å². The van der Waals surface area contributed by atoms with E-state index in [2.05, 4.69) is 5.10 Å². The van der Waals surface area contributed by atoms with Gasteiger partial charge in [-0.15, -0.1) is 0 Å². The minimum atomic E-state index is -0.405. The molecule has 0 N–H and O–H groups in total. The van der Waals surface area contributed by atoms with Crippen LogP contribution in [0.4, 0.5) is 4.39 Å². The Morgan fingerprint density at radius 3 is 2.68 bits per heavy atom. The molecule has 5 heteroatoms. The van der Waals surface area contributed by atoms with Crippen LogP contribution in [0, 0.1) is 5.82 Å². The van der Waals surface area contributed by atoms with Gasteiger partial charge in [-0.05, 0) is 42.5 Å². The molecule has 0 fully saturated rings. The maximum atomic E-state index is 13.4. The van der Waals surface area contributed by atoms with E-state index in [9.17, 15) is 9.18 Å². The van der Waals surface area contributed by atoms with Crippen LogP contribution in [0.15, 0.2) is 59.7 Å². The lowest BCUT2D eigenvalue weighted by Crippen LogP contribution is -2.10. The van der Waals surface area contributed by atoms with Gasteiger partial charge in [-0.3, -0.25) is 4.79 Å². The summed E-state index contributed by atoms with van der Waals surface area (Å²) in [4.78, 5) is 12.6. The van der Waals surface area contributed by atoms with Gasteiger partial charge in [-0.2, -0.15) is 5.10 Å². The summed E-state index contributed by atoms with van der Waals surface area (Å²) in [5.74, 6) is -0.405. The van der Waals surface area contributed by atoms with Gasteiger partial charge in [0.05, 0.1) is 16.7 Å². The monoisotopic (exact) mass is 293 g/mol. The molecule has 22 heavy (non-hydrogen) atoms. The number of aryl methyl sites for hydroxylation is 1. The molecular formula is C17H12FN3O. The van der Waals surface area contributed by atoms with Crippen LogP contribution in [0.5, 0.6) is 0 Å². The van der Waals surface area contributed by atoms with Gasteiger partial charge in [0.2, 0.25) is 0 Å². The van der Waals surface area contributed by atoms with Crippen molar-refractivity contribution in [3.8, 4) is 5.69 Å². The Hall–Kier alpha value is -2.95. The molecule has 4 aromatic rings. The predicted molar refractivity (Wildman–Crippen MR) is 83.8 cm³/mol. The van der Waals surface area contributed by atoms with Gasteiger partial charge in [-0.1, -0.05) is 0 Å². The molecule has 0 saturated heterocycles. The lowest BCUT2D eigenvalue weighted by Gasteiger charge is -2.12. The summed E-state index contributed by atoms with van der Waals surface area (Å²) >= 11 is 0. The molecular weight excluding hydrogens is 281 g/mol. The molecule has 0 unspecified atom stereocenters. The summed E-state index contributed by atoms with van der Waals surface area (Å²) in [6.07, 6.45) is 3.54. The average molecular weight is 293 g/mol. The molecule has 0 saturated carbocycles. The molecule has 0 aliphatic rings. The third-order valence-electron chi connectivity index (χ3n) is 3.92. The standard InChI is InChI=1S/C17H12FN3O/c1-20-15-6-3-11(18)9-14(15)17(22)13-5-4-12(10-16(13)20)21-8-2-7-19-21/h2-10H,1H3. The van der Waals surface area contributed by atoms with Crippen LogP contribution in [0.1, 0.15) is 0 Å². The summed E-state index contributed by atoms with van der Waals surface area (Å²) in [5, 5.41) is 5.16. The fourth-order valence-corrected chi connectivity index (χ4v) is 2.81. The van der Waals surface area contributed by atoms with Crippen LogP contribution < -0.4 is 5.43 Å². The second kappa shape index (κ2) is 4.53. The van der Waals surface area contributed by atoms with Gasteiger partial charge in [0.25, 0.3) is 0 Å². The van der Waals surface area contributed by atoms with Crippen LogP contribution >= 0.6 is 0 Å². The second-order valence-corrected chi connectivity index (χ2v) is 5.20. The van der Waals surface area contributed by atoms with Crippen LogP contribution in [-0.4, -0.2) is 14.3 Å². The maximum Gasteiger partial charge on any atom is 0.197 e. The number of benzene rings is 2. The molecule has 4 rings (SSSR count). The molecule has 0 radical (unpaired) electrons. The zero-order chi connectivity index (χ0) is 15.3. The Bertz CT molecular complexity index is 1060. The summed E-state index contributed by atoms with van der Waals surface area (Å²) in [5.41, 5.74) is 2.21. The number of pyridine rings is 1. The highest BCUT2D eigenvalue weighted by molar-refractivity contribution is 5.94. The van der Waals surface area contributed by atoms with Crippen molar-refractivity contribution in [2.75, 3.05) is 0 Å². The van der Waals surface area contributed by atoms with E-state index in [1.165, 1.54) is 12.1 Å². The lowest BCUT2D eigenvalue weighted by atomic mass is 10.1. The van der Waals surface area contributed by atoms with Gasteiger partial charge >= 0.3 is 0 Å². The van der Waals surface area contributed by atoms with Crippen LogP contribution in [0.25, 0.3) is 27.5 Å². The van der Waals surface area contributed by atoms with Gasteiger partial charge < -0.3 is 4.57 Å². The molecule has 2 heterocycles. The van der Waals surface area contributed by atoms with E-state index in [-0.39, 0.29) is 5.43 Å². The molecule has 0 atom stereocenters. The summed E-state index contributed by atoms with van der Waals surface area (Å²) < 4.78 is 17.1. The van der Waals surface area contributed by atoms with E-state index >= 15 is 0 Å². The molecule has 0 bridgehead atoms. The largest absolute Gasteiger partial charge is 0.343 e. The molecule has 0 amide bonds. The Balaban J connectivity index is 2.13. The highest BCUT2D eigenvalue weighted by Crippen LogP contribution is 2.21. The third-order valence-corrected chi connectivity index (χ3v) is 3.92. The van der Waals surface area contributed by atoms with Crippen molar-refractivity contribution in [2.45, 2.75) is 0 Å². The van der Waals surface area contributed by atoms with E-state index in [1.807, 2.05) is 36.0 Å². The number of hydrogen-bond acceptors (Lipinski definition) is 2. The van der Waals surface area contributed by atoms with Crippen molar-refractivity contribution in [1.29, 1.82) is 0 Å². The molecule has 2 aromatic heterocycles. The molecule has 2 aromatic carbocycles. The average Bonchev–Trinajstić information content (AvgIpc) is 3.06. The van der Waals surface area contributed by atoms with Crippen LogP contribution in [0.2, 0.25) is 0 Å². The number of aromatic nitrogens is 3. The van der Waals surface area contributed by atoms with E-state index in [0.717, 1.165) is 11.2 Å². The van der Waals surface area contributed by atoms with Gasteiger partial charge in [0.1, 0.15) is 5.82 Å². The molecule has 108 valence electrons. The summed E-state index contributed by atoms with van der Waals surface area (Å²) in [6.45, 7) is 0. The van der Waals surface area contributed by atoms with Crippen molar-refractivity contribution >= 4 is 21.8 Å². The van der Waals surface area contributed by atoms with Crippen molar-refractivity contribution in [1.82, 2.24) is 14.3 Å². The lowest BCUT2D eigenvalue weighted by molar-refractivity contribution is 0.629. The zero-order valence-corrected chi connectivity index (χ0v) is 11.8. The quantitative estimate of drug-likeness (QED) is 0.506. The normalized spacial score (nSPS) is 11.4. The van der Waals surface area contributed by atoms with E-state index in [0.29, 0.717) is 16.3 Å². The Kier molecular flexibility index (Phi) is 2.63. The third kappa shape index (κ3) is 1.75. The van der Waals surface area contributed by atoms with E-state index in [4.69, 9.17) is 0 Å². The molecule has 4 nitrogen and oxygen atoms in total. The molecule has 0 aliphatic carbocycles. The maximum absolute atomic E-state index is 13.4. The van der Waals surface area contributed by atoms with Crippen molar-refractivity contribution in [3.63, 3.8) is 0 Å². The van der Waals surface area contributed by atoms with Crippen LogP contribution in [-0.2, 0) is 7.05 Å². The van der Waals surface area contributed by atoms with Crippen molar-refractivity contribution < 1.29 is 4.39 Å². The first-order chi connectivity index (χ1) is 10.6. The minimum Gasteiger partial charge on any atom is -0.343 e. The van der Waals surface area contributed by atoms with E-state index < -0.39 is 5.82 Å². The topological polar surface area (TPSA) is 39.8 Å². The summed E-state index contributed by atoms with van der Waals surface area (Å²) in [6, 6.07) is 11.6. The number of hydrogen-bond donors (Lipinski definition) is 0. The Morgan fingerprint density at radius 1 is 1.05 bits per heavy atom. The second-order valence-electron chi connectivity index (χ2n) is 5.20. The number of halogens is 1. The number of fused-ring (bicyclic) bond motifs is 2. The molecule has 0 spiro atoms. The van der Waals surface area contributed by atoms with Gasteiger partial charge in [0.15, 0.2) is 5.43 Å². The van der Waals surface area contributed by atoms with Crippen molar-refractivity contribution in [2.24, 2.45) is 7.05 Å². The Labute approximate surface area is 125 Å². The highest BCUT2D eigenvalue weighted by atomic mass is 19.1. The minimum absolute atomic E-state index is 0.158. The number of nitrogens with zero attached hydrogens (tertiary/aromatic N) is 3. The summed E-state index contributed by atoms with van der Waals surface area (Å²) in [7, 11) is 1.87. The SMILES string of the molecule is Cn1c2ccc(F)cc2c(=O)c2ccc(-n3cccn3)cc21. The fraction of sp³-hybridized carbons (Fsp3) is 0.0588. The van der Waals surface area contributed by atoms with Crippen molar-refractivity contribution in [3.05, 3.63) is 70.9 Å². The first-order valence-corrected chi connectivity index (χ1v) is 6.87. The smallest absolute Gasteiger partial charge is 0.197 e. The first kappa shape index (κ1) is 12.8. The van der Waals surface area contributed by atoms with Gasteiger partial charge in [-0.25, -0.2) is 9.07 Å². The van der Waals surface area contributed by atoms with Gasteiger partial charge in [0, 0.05) is 30.2 Å². The first-order valence-electron chi connectivity index (χ1n) is 6.87. The van der Waals surface area contributed by atoms with E-state index in [1.54, 1.807) is 23.0 Å².